The number of nitrogens with one attached hydrogen (secondary N) is 1. The van der Waals surface area contributed by atoms with Gasteiger partial charge in [-0.25, -0.2) is 13.2 Å². The van der Waals surface area contributed by atoms with Crippen LogP contribution in [0.25, 0.3) is 0 Å². The first kappa shape index (κ1) is 17.5. The number of para-hydroxylation sites is 1. The number of amides is 2. The number of carbonyl (C=O) groups is 2. The normalized spacial score (nSPS) is 16.3. The number of hydrogen-bond acceptors (Lipinski definition) is 4. The van der Waals surface area contributed by atoms with Gasteiger partial charge in [0.15, 0.2) is 17.5 Å². The molecular formula is C17H13F3N4O2. The molecule has 1 atom stereocenters. The first-order valence-electron chi connectivity index (χ1n) is 7.54. The molecule has 2 aromatic rings. The number of nitrogens with two attached hydrogens (primary N) is 1. The van der Waals surface area contributed by atoms with Crippen molar-refractivity contribution in [1.82, 2.24) is 0 Å². The number of nitrogens with zero attached hydrogens (tertiary/aromatic N) is 2. The Kier molecular flexibility index (Phi) is 4.61. The minimum Gasteiger partial charge on any atom is -0.368 e. The van der Waals surface area contributed by atoms with Crippen LogP contribution >= 0.6 is 0 Å². The summed E-state index contributed by atoms with van der Waals surface area (Å²) in [6.45, 7) is 0. The molecule has 1 aliphatic rings. The predicted octanol–water partition coefficient (Wildman–Crippen LogP) is 2.16. The lowest BCUT2D eigenvalue weighted by atomic mass is 10.1. The third kappa shape index (κ3) is 3.23. The lowest BCUT2D eigenvalue weighted by molar-refractivity contribution is -0.119. The van der Waals surface area contributed by atoms with E-state index in [2.05, 4.69) is 10.4 Å². The molecule has 2 aromatic carbocycles. The number of benzene rings is 2. The van der Waals surface area contributed by atoms with Crippen molar-refractivity contribution < 1.29 is 22.8 Å². The molecule has 26 heavy (non-hydrogen) atoms. The van der Waals surface area contributed by atoms with Gasteiger partial charge in [-0.2, -0.15) is 5.10 Å². The minimum atomic E-state index is -1.70. The van der Waals surface area contributed by atoms with Gasteiger partial charge in [-0.3, -0.25) is 14.6 Å². The van der Waals surface area contributed by atoms with Gasteiger partial charge in [0, 0.05) is 6.42 Å². The summed E-state index contributed by atoms with van der Waals surface area (Å²) in [7, 11) is 0. The average Bonchev–Trinajstić information content (AvgIpc) is 3.09. The molecule has 0 saturated heterocycles. The van der Waals surface area contributed by atoms with Crippen molar-refractivity contribution in [2.75, 3.05) is 10.3 Å². The molecule has 1 heterocycles. The molecule has 9 heteroatoms. The van der Waals surface area contributed by atoms with Gasteiger partial charge in [0.25, 0.3) is 5.91 Å². The molecule has 0 saturated carbocycles. The van der Waals surface area contributed by atoms with Gasteiger partial charge in [-0.1, -0.05) is 18.2 Å². The van der Waals surface area contributed by atoms with Crippen LogP contribution in [0.15, 0.2) is 47.6 Å². The first-order valence-corrected chi connectivity index (χ1v) is 7.54. The lowest BCUT2D eigenvalue weighted by Crippen LogP contribution is -2.39. The maximum absolute atomic E-state index is 13.7. The summed E-state index contributed by atoms with van der Waals surface area (Å²) in [6, 6.07) is 9.24. The van der Waals surface area contributed by atoms with E-state index in [0.29, 0.717) is 11.8 Å². The Morgan fingerprint density at radius 1 is 1.08 bits per heavy atom. The van der Waals surface area contributed by atoms with Crippen LogP contribution in [0.3, 0.4) is 0 Å². The van der Waals surface area contributed by atoms with Crippen molar-refractivity contribution in [3.05, 3.63) is 59.9 Å². The number of halogens is 3. The van der Waals surface area contributed by atoms with Gasteiger partial charge in [0.1, 0.15) is 11.8 Å². The molecule has 1 unspecified atom stereocenters. The molecule has 6 nitrogen and oxygen atoms in total. The molecule has 0 aliphatic carbocycles. The highest BCUT2D eigenvalue weighted by Crippen LogP contribution is 2.25. The summed E-state index contributed by atoms with van der Waals surface area (Å²) in [4.78, 5) is 24.0. The zero-order valence-corrected chi connectivity index (χ0v) is 13.2. The first-order chi connectivity index (χ1) is 12.4. The van der Waals surface area contributed by atoms with Gasteiger partial charge in [0.2, 0.25) is 5.91 Å². The summed E-state index contributed by atoms with van der Waals surface area (Å²) in [5.74, 6) is -6.14. The summed E-state index contributed by atoms with van der Waals surface area (Å²) in [5, 5.41) is 7.49. The van der Waals surface area contributed by atoms with E-state index in [-0.39, 0.29) is 12.1 Å². The number of primary amides is 1. The average molecular weight is 362 g/mol. The van der Waals surface area contributed by atoms with Gasteiger partial charge < -0.3 is 11.1 Å². The second kappa shape index (κ2) is 6.87. The maximum Gasteiger partial charge on any atom is 0.272 e. The Bertz CT molecular complexity index is 902. The molecule has 0 bridgehead atoms. The molecule has 0 radical (unpaired) electrons. The van der Waals surface area contributed by atoms with Crippen molar-refractivity contribution in [1.29, 1.82) is 0 Å². The zero-order chi connectivity index (χ0) is 18.8. The third-order valence-corrected chi connectivity index (χ3v) is 3.81. The van der Waals surface area contributed by atoms with Crippen LogP contribution in [0, 0.1) is 17.5 Å². The minimum absolute atomic E-state index is 0.0956. The molecule has 0 aromatic heterocycles. The largest absolute Gasteiger partial charge is 0.368 e. The van der Waals surface area contributed by atoms with Crippen molar-refractivity contribution in [2.24, 2.45) is 10.8 Å². The Labute approximate surface area is 146 Å². The van der Waals surface area contributed by atoms with Gasteiger partial charge >= 0.3 is 0 Å². The van der Waals surface area contributed by atoms with Crippen LogP contribution in [0.4, 0.5) is 24.5 Å². The van der Waals surface area contributed by atoms with E-state index in [1.807, 2.05) is 0 Å². The third-order valence-electron chi connectivity index (χ3n) is 3.81. The summed E-state index contributed by atoms with van der Waals surface area (Å²) >= 11 is 0. The number of hydrazone groups is 1. The van der Waals surface area contributed by atoms with Crippen molar-refractivity contribution in [3.63, 3.8) is 0 Å². The number of rotatable bonds is 4. The standard InChI is InChI=1S/C17H13F3N4O2/c18-10-6-7-11(15(20)14(10)19)22-17(26)12-8-13(16(21)25)24(23-12)9-4-2-1-3-5-9/h1-7,13H,8H2,(H2,21,25)(H,22,26). The van der Waals surface area contributed by atoms with Crippen LogP contribution in [0.5, 0.6) is 0 Å². The van der Waals surface area contributed by atoms with Crippen LogP contribution in [0.2, 0.25) is 0 Å². The van der Waals surface area contributed by atoms with E-state index in [4.69, 9.17) is 5.73 Å². The summed E-state index contributed by atoms with van der Waals surface area (Å²) in [6.07, 6.45) is -0.110. The Hall–Kier alpha value is -3.36. The van der Waals surface area contributed by atoms with E-state index in [1.54, 1.807) is 30.3 Å². The molecular weight excluding hydrogens is 349 g/mol. The fraction of sp³-hybridized carbons (Fsp3) is 0.118. The molecule has 3 N–H and O–H groups in total. The van der Waals surface area contributed by atoms with Gasteiger partial charge in [-0.15, -0.1) is 0 Å². The van der Waals surface area contributed by atoms with E-state index in [9.17, 15) is 22.8 Å². The van der Waals surface area contributed by atoms with Gasteiger partial charge in [0.05, 0.1) is 11.4 Å². The molecule has 0 fully saturated rings. The zero-order valence-electron chi connectivity index (χ0n) is 13.2. The molecule has 1 aliphatic heterocycles. The van der Waals surface area contributed by atoms with Crippen molar-refractivity contribution in [2.45, 2.75) is 12.5 Å². The second-order valence-electron chi connectivity index (χ2n) is 5.53. The molecule has 134 valence electrons. The number of anilines is 2. The van der Waals surface area contributed by atoms with Crippen LogP contribution in [-0.2, 0) is 9.59 Å². The SMILES string of the molecule is NC(=O)C1CC(C(=O)Nc2ccc(F)c(F)c2F)=NN1c1ccccc1. The van der Waals surface area contributed by atoms with Gasteiger partial charge in [-0.05, 0) is 24.3 Å². The van der Waals surface area contributed by atoms with E-state index in [0.717, 1.165) is 6.07 Å². The highest BCUT2D eigenvalue weighted by Gasteiger charge is 2.35. The Morgan fingerprint density at radius 2 is 1.77 bits per heavy atom. The fourth-order valence-electron chi connectivity index (χ4n) is 2.50. The highest BCUT2D eigenvalue weighted by atomic mass is 19.2. The summed E-state index contributed by atoms with van der Waals surface area (Å²) < 4.78 is 39.9. The Morgan fingerprint density at radius 3 is 2.42 bits per heavy atom. The Balaban J connectivity index is 1.86. The number of carbonyl (C=O) groups excluding carboxylic acids is 2. The highest BCUT2D eigenvalue weighted by molar-refractivity contribution is 6.44. The van der Waals surface area contributed by atoms with E-state index < -0.39 is 41.0 Å². The number of hydrogen-bond donors (Lipinski definition) is 2. The smallest absolute Gasteiger partial charge is 0.272 e. The van der Waals surface area contributed by atoms with E-state index in [1.165, 1.54) is 5.01 Å². The summed E-state index contributed by atoms with van der Waals surface area (Å²) in [5.41, 5.74) is 5.27. The quantitative estimate of drug-likeness (QED) is 0.817. The predicted molar refractivity (Wildman–Crippen MR) is 88.9 cm³/mol. The van der Waals surface area contributed by atoms with Crippen molar-refractivity contribution >= 4 is 28.9 Å². The maximum atomic E-state index is 13.7. The molecule has 2 amide bonds. The van der Waals surface area contributed by atoms with Crippen LogP contribution in [-0.4, -0.2) is 23.6 Å². The molecule has 0 spiro atoms. The van der Waals surface area contributed by atoms with Crippen molar-refractivity contribution in [3.8, 4) is 0 Å². The topological polar surface area (TPSA) is 87.8 Å². The van der Waals surface area contributed by atoms with Crippen LogP contribution < -0.4 is 16.1 Å². The second-order valence-corrected chi connectivity index (χ2v) is 5.53. The fourth-order valence-corrected chi connectivity index (χ4v) is 2.50. The van der Waals surface area contributed by atoms with Crippen LogP contribution in [0.1, 0.15) is 6.42 Å². The lowest BCUT2D eigenvalue weighted by Gasteiger charge is -2.20. The van der Waals surface area contributed by atoms with E-state index >= 15 is 0 Å². The monoisotopic (exact) mass is 362 g/mol. The molecule has 3 rings (SSSR count).